The molecule has 0 saturated heterocycles. The van der Waals surface area contributed by atoms with Gasteiger partial charge in [0, 0.05) is 16.8 Å². The highest BCUT2D eigenvalue weighted by Gasteiger charge is 2.15. The molecule has 13 heavy (non-hydrogen) atoms. The van der Waals surface area contributed by atoms with Gasteiger partial charge < -0.3 is 20.3 Å². The van der Waals surface area contributed by atoms with E-state index >= 15 is 0 Å². The van der Waals surface area contributed by atoms with E-state index in [9.17, 15) is 0 Å². The molecule has 3 N–H and O–H groups in total. The van der Waals surface area contributed by atoms with E-state index in [0.29, 0.717) is 18.0 Å². The fourth-order valence-corrected chi connectivity index (χ4v) is 1.44. The number of rotatable bonds is 1. The van der Waals surface area contributed by atoms with E-state index in [-0.39, 0.29) is 13.4 Å². The first-order chi connectivity index (χ1) is 6.31. The number of hydrogen-bond acceptors (Lipinski definition) is 4. The van der Waals surface area contributed by atoms with Crippen LogP contribution in [-0.2, 0) is 18.0 Å². The molecule has 70 valence electrons. The van der Waals surface area contributed by atoms with Gasteiger partial charge in [-0.3, -0.25) is 0 Å². The fraction of sp³-hybridized carbons (Fsp3) is 0.333. The molecule has 0 bridgehead atoms. The van der Waals surface area contributed by atoms with E-state index in [0.717, 1.165) is 11.1 Å². The average molecular weight is 181 g/mol. The van der Waals surface area contributed by atoms with Gasteiger partial charge in [-0.15, -0.1) is 0 Å². The van der Waals surface area contributed by atoms with Crippen molar-refractivity contribution in [3.8, 4) is 5.75 Å². The number of aliphatic hydroxyl groups excluding tert-OH is 1. The standard InChI is InChI=1S/C9H11NO3/c10-8-1-6(3-11)9-7(2-8)4-12-5-13-9/h1-2,11H,3-5,10H2. The van der Waals surface area contributed by atoms with Crippen molar-refractivity contribution in [2.45, 2.75) is 13.2 Å². The molecule has 1 heterocycles. The summed E-state index contributed by atoms with van der Waals surface area (Å²) in [6, 6.07) is 3.51. The zero-order valence-electron chi connectivity index (χ0n) is 7.12. The lowest BCUT2D eigenvalue weighted by Gasteiger charge is -2.20. The molecule has 0 amide bonds. The minimum atomic E-state index is -0.0621. The number of fused-ring (bicyclic) bond motifs is 1. The summed E-state index contributed by atoms with van der Waals surface area (Å²) in [4.78, 5) is 0. The van der Waals surface area contributed by atoms with Crippen LogP contribution in [0.25, 0.3) is 0 Å². The second-order valence-electron chi connectivity index (χ2n) is 2.94. The molecule has 0 spiro atoms. The first kappa shape index (κ1) is 8.34. The molecule has 1 aliphatic rings. The molecule has 4 heteroatoms. The zero-order chi connectivity index (χ0) is 9.26. The monoisotopic (exact) mass is 181 g/mol. The summed E-state index contributed by atoms with van der Waals surface area (Å²) >= 11 is 0. The molecular weight excluding hydrogens is 170 g/mol. The Labute approximate surface area is 75.9 Å². The van der Waals surface area contributed by atoms with Crippen LogP contribution in [0.3, 0.4) is 0 Å². The van der Waals surface area contributed by atoms with E-state index in [1.54, 1.807) is 12.1 Å². The number of aliphatic hydroxyl groups is 1. The normalized spacial score (nSPS) is 14.8. The summed E-state index contributed by atoms with van der Waals surface area (Å²) in [5.41, 5.74) is 7.88. The quantitative estimate of drug-likeness (QED) is 0.623. The Hall–Kier alpha value is -1.26. The number of anilines is 1. The number of benzene rings is 1. The van der Waals surface area contributed by atoms with Crippen LogP contribution >= 0.6 is 0 Å². The van der Waals surface area contributed by atoms with Crippen molar-refractivity contribution in [3.63, 3.8) is 0 Å². The van der Waals surface area contributed by atoms with Crippen LogP contribution in [0.15, 0.2) is 12.1 Å². The molecule has 4 nitrogen and oxygen atoms in total. The minimum Gasteiger partial charge on any atom is -0.467 e. The van der Waals surface area contributed by atoms with E-state index in [4.69, 9.17) is 20.3 Å². The molecule has 1 aliphatic heterocycles. The van der Waals surface area contributed by atoms with E-state index in [1.165, 1.54) is 0 Å². The molecule has 0 fully saturated rings. The Morgan fingerprint density at radius 2 is 2.31 bits per heavy atom. The van der Waals surface area contributed by atoms with Gasteiger partial charge in [0.25, 0.3) is 0 Å². The molecule has 1 aromatic rings. The maximum atomic E-state index is 9.04. The molecule has 0 unspecified atom stereocenters. The number of nitrogens with two attached hydrogens (primary N) is 1. The lowest BCUT2D eigenvalue weighted by atomic mass is 10.1. The smallest absolute Gasteiger partial charge is 0.189 e. The Balaban J connectivity index is 2.50. The number of nitrogen functional groups attached to an aromatic ring is 1. The summed E-state index contributed by atoms with van der Waals surface area (Å²) in [6.07, 6.45) is 0. The van der Waals surface area contributed by atoms with Gasteiger partial charge in [0.15, 0.2) is 6.79 Å². The highest BCUT2D eigenvalue weighted by Crippen LogP contribution is 2.30. The highest BCUT2D eigenvalue weighted by molar-refractivity contribution is 5.53. The van der Waals surface area contributed by atoms with E-state index in [1.807, 2.05) is 0 Å². The topological polar surface area (TPSA) is 64.7 Å². The van der Waals surface area contributed by atoms with Gasteiger partial charge in [0.05, 0.1) is 13.2 Å². The fourth-order valence-electron chi connectivity index (χ4n) is 1.44. The summed E-state index contributed by atoms with van der Waals surface area (Å²) in [5, 5.41) is 9.04. The Kier molecular flexibility index (Phi) is 2.08. The van der Waals surface area contributed by atoms with Gasteiger partial charge >= 0.3 is 0 Å². The largest absolute Gasteiger partial charge is 0.467 e. The van der Waals surface area contributed by atoms with Crippen molar-refractivity contribution in [2.24, 2.45) is 0 Å². The van der Waals surface area contributed by atoms with Gasteiger partial charge in [0.1, 0.15) is 5.75 Å². The molecule has 0 radical (unpaired) electrons. The predicted octanol–water partition coefficient (Wildman–Crippen LogP) is 0.628. The predicted molar refractivity (Wildman–Crippen MR) is 47.1 cm³/mol. The summed E-state index contributed by atoms with van der Waals surface area (Å²) < 4.78 is 10.4. The van der Waals surface area contributed by atoms with Gasteiger partial charge in [-0.2, -0.15) is 0 Å². The Bertz CT molecular complexity index is 308. The second kappa shape index (κ2) is 3.24. The highest BCUT2D eigenvalue weighted by atomic mass is 16.7. The van der Waals surface area contributed by atoms with E-state index < -0.39 is 0 Å². The van der Waals surface area contributed by atoms with Crippen LogP contribution in [0.4, 0.5) is 5.69 Å². The maximum absolute atomic E-state index is 9.04. The maximum Gasteiger partial charge on any atom is 0.189 e. The van der Waals surface area contributed by atoms with Crippen molar-refractivity contribution in [2.75, 3.05) is 12.5 Å². The first-order valence-electron chi connectivity index (χ1n) is 4.04. The molecule has 1 aromatic carbocycles. The summed E-state index contributed by atoms with van der Waals surface area (Å²) in [6.45, 7) is 0.671. The molecule has 0 saturated carbocycles. The van der Waals surface area contributed by atoms with E-state index in [2.05, 4.69) is 0 Å². The van der Waals surface area contributed by atoms with Crippen molar-refractivity contribution in [3.05, 3.63) is 23.3 Å². The lowest BCUT2D eigenvalue weighted by molar-refractivity contribution is -0.0176. The summed E-state index contributed by atoms with van der Waals surface area (Å²) in [7, 11) is 0. The Morgan fingerprint density at radius 3 is 3.08 bits per heavy atom. The van der Waals surface area contributed by atoms with Gasteiger partial charge in [-0.05, 0) is 12.1 Å². The molecule has 0 aliphatic carbocycles. The second-order valence-corrected chi connectivity index (χ2v) is 2.94. The molecule has 0 atom stereocenters. The van der Waals surface area contributed by atoms with Gasteiger partial charge in [-0.25, -0.2) is 0 Å². The minimum absolute atomic E-state index is 0.0621. The zero-order valence-corrected chi connectivity index (χ0v) is 7.12. The number of hydrogen-bond donors (Lipinski definition) is 2. The third-order valence-electron chi connectivity index (χ3n) is 1.98. The van der Waals surface area contributed by atoms with Crippen LogP contribution in [-0.4, -0.2) is 11.9 Å². The molecular formula is C9H11NO3. The van der Waals surface area contributed by atoms with Crippen molar-refractivity contribution in [1.82, 2.24) is 0 Å². The van der Waals surface area contributed by atoms with Gasteiger partial charge in [-0.1, -0.05) is 0 Å². The SMILES string of the molecule is Nc1cc(CO)c2c(c1)COCO2. The van der Waals surface area contributed by atoms with Crippen LogP contribution in [0, 0.1) is 0 Å². The van der Waals surface area contributed by atoms with Crippen LogP contribution in [0.1, 0.15) is 11.1 Å². The molecule has 0 aromatic heterocycles. The average Bonchev–Trinajstić information content (AvgIpc) is 2.16. The first-order valence-corrected chi connectivity index (χ1v) is 4.04. The van der Waals surface area contributed by atoms with Crippen molar-refractivity contribution >= 4 is 5.69 Å². The van der Waals surface area contributed by atoms with Gasteiger partial charge in [0.2, 0.25) is 0 Å². The number of ether oxygens (including phenoxy) is 2. The molecule has 2 rings (SSSR count). The lowest BCUT2D eigenvalue weighted by Crippen LogP contribution is -2.13. The third-order valence-corrected chi connectivity index (χ3v) is 1.98. The van der Waals surface area contributed by atoms with Crippen molar-refractivity contribution in [1.29, 1.82) is 0 Å². The van der Waals surface area contributed by atoms with Crippen LogP contribution in [0.2, 0.25) is 0 Å². The van der Waals surface area contributed by atoms with Crippen LogP contribution in [0.5, 0.6) is 5.75 Å². The van der Waals surface area contributed by atoms with Crippen LogP contribution < -0.4 is 10.5 Å². The Morgan fingerprint density at radius 1 is 1.46 bits per heavy atom. The summed E-state index contributed by atoms with van der Waals surface area (Å²) in [5.74, 6) is 0.711. The van der Waals surface area contributed by atoms with Crippen molar-refractivity contribution < 1.29 is 14.6 Å². The third kappa shape index (κ3) is 1.46.